The van der Waals surface area contributed by atoms with E-state index in [1.165, 1.54) is 0 Å². The lowest BCUT2D eigenvalue weighted by atomic mass is 9.81. The van der Waals surface area contributed by atoms with E-state index in [0.717, 1.165) is 12.4 Å². The standard InChI is InChI=1S/C6H10F2INS/c7-6(8)1-5(2-6)3-10-4-11-9/h5,10H,1-4H2. The van der Waals surface area contributed by atoms with Gasteiger partial charge in [0.2, 0.25) is 5.92 Å². The summed E-state index contributed by atoms with van der Waals surface area (Å²) in [7, 11) is 1.65. The largest absolute Gasteiger partial charge is 0.307 e. The van der Waals surface area contributed by atoms with Crippen molar-refractivity contribution in [3.8, 4) is 0 Å². The summed E-state index contributed by atoms with van der Waals surface area (Å²) in [5, 5.41) is 3.10. The third kappa shape index (κ3) is 3.42. The molecule has 0 aromatic carbocycles. The summed E-state index contributed by atoms with van der Waals surface area (Å²) in [5.41, 5.74) is 0. The Kier molecular flexibility index (Phi) is 3.84. The number of alkyl halides is 2. The minimum Gasteiger partial charge on any atom is -0.307 e. The molecular formula is C6H10F2INS. The molecule has 0 bridgehead atoms. The lowest BCUT2D eigenvalue weighted by molar-refractivity contribution is -0.108. The second-order valence-corrected chi connectivity index (χ2v) is 5.21. The highest BCUT2D eigenvalue weighted by atomic mass is 127. The molecule has 1 aliphatic carbocycles. The Morgan fingerprint density at radius 3 is 2.64 bits per heavy atom. The summed E-state index contributed by atoms with van der Waals surface area (Å²) in [6.07, 6.45) is 0.151. The average Bonchev–Trinajstić information content (AvgIpc) is 1.84. The molecule has 0 heterocycles. The SMILES string of the molecule is FC1(F)CC(CNCSI)C1. The molecule has 1 fully saturated rings. The van der Waals surface area contributed by atoms with E-state index in [9.17, 15) is 8.78 Å². The fourth-order valence-corrected chi connectivity index (χ4v) is 2.09. The summed E-state index contributed by atoms with van der Waals surface area (Å²) in [5.74, 6) is -1.31. The van der Waals surface area contributed by atoms with E-state index < -0.39 is 5.92 Å². The Morgan fingerprint density at radius 2 is 2.18 bits per heavy atom. The Bertz CT molecular complexity index is 126. The maximum atomic E-state index is 12.3. The van der Waals surface area contributed by atoms with Gasteiger partial charge in [-0.15, -0.1) is 0 Å². The number of rotatable bonds is 4. The van der Waals surface area contributed by atoms with Crippen molar-refractivity contribution in [3.63, 3.8) is 0 Å². The zero-order valence-electron chi connectivity index (χ0n) is 5.95. The molecule has 0 aromatic rings. The van der Waals surface area contributed by atoms with Crippen LogP contribution in [0.15, 0.2) is 0 Å². The lowest BCUT2D eigenvalue weighted by Gasteiger charge is -2.34. The molecule has 1 aliphatic rings. The van der Waals surface area contributed by atoms with Gasteiger partial charge in [-0.05, 0) is 33.7 Å². The fourth-order valence-electron chi connectivity index (χ4n) is 1.23. The summed E-state index contributed by atoms with van der Waals surface area (Å²) >= 11 is 2.18. The van der Waals surface area contributed by atoms with Crippen molar-refractivity contribution < 1.29 is 8.78 Å². The molecule has 0 aromatic heterocycles. The second-order valence-electron chi connectivity index (χ2n) is 2.84. The van der Waals surface area contributed by atoms with Crippen LogP contribution in [0, 0.1) is 5.92 Å². The highest BCUT2D eigenvalue weighted by molar-refractivity contribution is 14.2. The van der Waals surface area contributed by atoms with Crippen molar-refractivity contribution in [3.05, 3.63) is 0 Å². The molecule has 0 radical (unpaired) electrons. The molecular weight excluding hydrogens is 283 g/mol. The van der Waals surface area contributed by atoms with Gasteiger partial charge < -0.3 is 5.32 Å². The first-order valence-corrected chi connectivity index (χ1v) is 6.99. The van der Waals surface area contributed by atoms with Gasteiger partial charge in [0, 0.05) is 12.8 Å². The van der Waals surface area contributed by atoms with Gasteiger partial charge in [-0.25, -0.2) is 8.78 Å². The Hall–Kier alpha value is 0.900. The number of halogens is 3. The van der Waals surface area contributed by atoms with Gasteiger partial charge in [-0.2, -0.15) is 0 Å². The monoisotopic (exact) mass is 293 g/mol. The van der Waals surface area contributed by atoms with Crippen LogP contribution in [-0.4, -0.2) is 18.3 Å². The highest BCUT2D eigenvalue weighted by Crippen LogP contribution is 2.41. The fraction of sp³-hybridized carbons (Fsp3) is 1.00. The first kappa shape index (κ1) is 9.98. The first-order valence-electron chi connectivity index (χ1n) is 3.46. The summed E-state index contributed by atoms with van der Waals surface area (Å²) in [6.45, 7) is 0.742. The third-order valence-electron chi connectivity index (χ3n) is 1.76. The van der Waals surface area contributed by atoms with Crippen molar-refractivity contribution in [1.29, 1.82) is 0 Å². The van der Waals surface area contributed by atoms with Gasteiger partial charge in [-0.1, -0.05) is 8.93 Å². The van der Waals surface area contributed by atoms with Gasteiger partial charge in [0.05, 0.1) is 5.88 Å². The van der Waals surface area contributed by atoms with Crippen LogP contribution in [-0.2, 0) is 0 Å². The van der Waals surface area contributed by atoms with Gasteiger partial charge in [0.1, 0.15) is 0 Å². The van der Waals surface area contributed by atoms with Crippen LogP contribution in [0.1, 0.15) is 12.8 Å². The van der Waals surface area contributed by atoms with E-state index in [2.05, 4.69) is 26.5 Å². The van der Waals surface area contributed by atoms with Crippen LogP contribution in [0.25, 0.3) is 0 Å². The van der Waals surface area contributed by atoms with Crippen LogP contribution < -0.4 is 5.32 Å². The molecule has 0 amide bonds. The van der Waals surface area contributed by atoms with Crippen LogP contribution in [0.4, 0.5) is 8.78 Å². The van der Waals surface area contributed by atoms with Crippen LogP contribution >= 0.6 is 30.1 Å². The van der Waals surface area contributed by atoms with E-state index in [4.69, 9.17) is 0 Å². The van der Waals surface area contributed by atoms with Crippen molar-refractivity contribution in [1.82, 2.24) is 5.32 Å². The van der Waals surface area contributed by atoms with Gasteiger partial charge in [0.15, 0.2) is 0 Å². The smallest absolute Gasteiger partial charge is 0.248 e. The predicted molar refractivity (Wildman–Crippen MR) is 52.2 cm³/mol. The number of hydrogen-bond acceptors (Lipinski definition) is 2. The predicted octanol–water partition coefficient (Wildman–Crippen LogP) is 2.66. The van der Waals surface area contributed by atoms with Crippen molar-refractivity contribution >= 4 is 30.1 Å². The molecule has 1 rings (SSSR count). The minimum atomic E-state index is -2.36. The molecule has 0 atom stereocenters. The molecule has 11 heavy (non-hydrogen) atoms. The van der Waals surface area contributed by atoms with Crippen LogP contribution in [0.3, 0.4) is 0 Å². The molecule has 5 heteroatoms. The van der Waals surface area contributed by atoms with E-state index in [1.807, 2.05) is 0 Å². The zero-order chi connectivity index (χ0) is 8.32. The van der Waals surface area contributed by atoms with Gasteiger partial charge in [-0.3, -0.25) is 0 Å². The molecule has 1 N–H and O–H groups in total. The van der Waals surface area contributed by atoms with Gasteiger partial charge in [0.25, 0.3) is 0 Å². The van der Waals surface area contributed by atoms with Crippen molar-refractivity contribution in [2.75, 3.05) is 12.4 Å². The quantitative estimate of drug-likeness (QED) is 0.486. The third-order valence-corrected chi connectivity index (χ3v) is 3.01. The van der Waals surface area contributed by atoms with E-state index in [1.54, 1.807) is 8.93 Å². The van der Waals surface area contributed by atoms with E-state index in [-0.39, 0.29) is 18.8 Å². The molecule has 1 nitrogen and oxygen atoms in total. The Balaban J connectivity index is 1.96. The summed E-state index contributed by atoms with van der Waals surface area (Å²) in [6, 6.07) is 0. The van der Waals surface area contributed by atoms with Crippen molar-refractivity contribution in [2.24, 2.45) is 5.92 Å². The lowest BCUT2D eigenvalue weighted by Crippen LogP contribution is -2.40. The van der Waals surface area contributed by atoms with Gasteiger partial charge >= 0.3 is 0 Å². The normalized spacial score (nSPS) is 23.2. The molecule has 0 unspecified atom stereocenters. The molecule has 0 spiro atoms. The number of hydrogen-bond donors (Lipinski definition) is 1. The maximum absolute atomic E-state index is 12.3. The van der Waals surface area contributed by atoms with E-state index >= 15 is 0 Å². The summed E-state index contributed by atoms with van der Waals surface area (Å²) < 4.78 is 24.5. The average molecular weight is 293 g/mol. The molecule has 0 saturated heterocycles. The first-order chi connectivity index (χ1) is 5.14. The topological polar surface area (TPSA) is 12.0 Å². The molecule has 1 saturated carbocycles. The highest BCUT2D eigenvalue weighted by Gasteiger charge is 2.44. The minimum absolute atomic E-state index is 0.0753. The van der Waals surface area contributed by atoms with Crippen molar-refractivity contribution in [2.45, 2.75) is 18.8 Å². The Morgan fingerprint density at radius 1 is 1.55 bits per heavy atom. The number of nitrogens with one attached hydrogen (secondary N) is 1. The summed E-state index contributed by atoms with van der Waals surface area (Å²) in [4.78, 5) is 0. The van der Waals surface area contributed by atoms with E-state index in [0.29, 0.717) is 0 Å². The van der Waals surface area contributed by atoms with Crippen LogP contribution in [0.2, 0.25) is 0 Å². The second kappa shape index (κ2) is 4.23. The van der Waals surface area contributed by atoms with Crippen LogP contribution in [0.5, 0.6) is 0 Å². The maximum Gasteiger partial charge on any atom is 0.248 e. The molecule has 0 aliphatic heterocycles. The zero-order valence-corrected chi connectivity index (χ0v) is 8.92. The Labute approximate surface area is 81.3 Å². The molecule has 66 valence electrons.